The van der Waals surface area contributed by atoms with Gasteiger partial charge >= 0.3 is 5.97 Å². The molecule has 1 heterocycles. The molecule has 0 fully saturated rings. The number of fused-ring (bicyclic) bond motifs is 1. The molecular formula is C27H19NO4. The SMILES string of the molecule is O=C(O)c1cccc(C(=O)/C=C/c2cccc(/C=C/c3ccc4ccccc4n3)c2)c1O. The Morgan fingerprint density at radius 1 is 0.750 bits per heavy atom. The predicted octanol–water partition coefficient (Wildman–Crippen LogP) is 5.71. The third kappa shape index (κ3) is 4.63. The van der Waals surface area contributed by atoms with E-state index in [9.17, 15) is 14.7 Å². The molecular weight excluding hydrogens is 402 g/mol. The molecule has 0 aliphatic rings. The highest BCUT2D eigenvalue weighted by Crippen LogP contribution is 2.23. The molecule has 0 aliphatic carbocycles. The average Bonchev–Trinajstić information content (AvgIpc) is 2.81. The minimum absolute atomic E-state index is 0.0559. The molecule has 0 amide bonds. The summed E-state index contributed by atoms with van der Waals surface area (Å²) in [5.41, 5.74) is 3.14. The lowest BCUT2D eigenvalue weighted by molar-refractivity contribution is 0.0693. The number of carboxylic acids is 1. The van der Waals surface area contributed by atoms with Crippen molar-refractivity contribution in [1.29, 1.82) is 0 Å². The molecule has 3 aromatic carbocycles. The summed E-state index contributed by atoms with van der Waals surface area (Å²) >= 11 is 0. The first-order chi connectivity index (χ1) is 15.5. The molecule has 5 heteroatoms. The summed E-state index contributed by atoms with van der Waals surface area (Å²) in [5.74, 6) is -2.30. The molecule has 0 bridgehead atoms. The normalized spacial score (nSPS) is 11.4. The number of benzene rings is 3. The molecule has 0 unspecified atom stereocenters. The number of phenols is 1. The zero-order valence-corrected chi connectivity index (χ0v) is 17.0. The van der Waals surface area contributed by atoms with E-state index in [0.29, 0.717) is 0 Å². The lowest BCUT2D eigenvalue weighted by atomic mass is 10.0. The Balaban J connectivity index is 1.52. The van der Waals surface area contributed by atoms with Crippen LogP contribution in [0.15, 0.2) is 84.9 Å². The molecule has 32 heavy (non-hydrogen) atoms. The first-order valence-electron chi connectivity index (χ1n) is 9.93. The number of ketones is 1. The van der Waals surface area contributed by atoms with Crippen LogP contribution in [0.1, 0.15) is 37.5 Å². The number of carbonyl (C=O) groups excluding carboxylic acids is 1. The number of nitrogens with zero attached hydrogens (tertiary/aromatic N) is 1. The molecule has 4 rings (SSSR count). The van der Waals surface area contributed by atoms with Crippen LogP contribution in [0, 0.1) is 0 Å². The number of aromatic nitrogens is 1. The lowest BCUT2D eigenvalue weighted by Crippen LogP contribution is -2.02. The van der Waals surface area contributed by atoms with Gasteiger partial charge in [-0.05, 0) is 53.6 Å². The van der Waals surface area contributed by atoms with Crippen molar-refractivity contribution in [2.45, 2.75) is 0 Å². The number of aromatic hydroxyl groups is 1. The second kappa shape index (κ2) is 9.10. The third-order valence-corrected chi connectivity index (χ3v) is 4.94. The number of rotatable bonds is 6. The van der Waals surface area contributed by atoms with Crippen molar-refractivity contribution in [3.05, 3.63) is 113 Å². The Morgan fingerprint density at radius 3 is 2.28 bits per heavy atom. The molecule has 0 radical (unpaired) electrons. The van der Waals surface area contributed by atoms with Crippen LogP contribution in [-0.2, 0) is 0 Å². The van der Waals surface area contributed by atoms with Gasteiger partial charge in [0.1, 0.15) is 11.3 Å². The predicted molar refractivity (Wildman–Crippen MR) is 126 cm³/mol. The van der Waals surface area contributed by atoms with Crippen LogP contribution >= 0.6 is 0 Å². The summed E-state index contributed by atoms with van der Waals surface area (Å²) in [4.78, 5) is 28.2. The van der Waals surface area contributed by atoms with Gasteiger partial charge in [0.25, 0.3) is 0 Å². The van der Waals surface area contributed by atoms with E-state index >= 15 is 0 Å². The van der Waals surface area contributed by atoms with Crippen molar-refractivity contribution in [3.8, 4) is 5.75 Å². The van der Waals surface area contributed by atoms with Gasteiger partial charge in [-0.3, -0.25) is 4.79 Å². The van der Waals surface area contributed by atoms with Gasteiger partial charge in [-0.25, -0.2) is 9.78 Å². The second-order valence-corrected chi connectivity index (χ2v) is 7.14. The largest absolute Gasteiger partial charge is 0.506 e. The quantitative estimate of drug-likeness (QED) is 0.308. The average molecular weight is 421 g/mol. The van der Waals surface area contributed by atoms with E-state index in [-0.39, 0.29) is 11.1 Å². The highest BCUT2D eigenvalue weighted by atomic mass is 16.4. The van der Waals surface area contributed by atoms with E-state index in [1.165, 1.54) is 24.3 Å². The Morgan fingerprint density at radius 2 is 1.47 bits per heavy atom. The number of aromatic carboxylic acids is 1. The van der Waals surface area contributed by atoms with Crippen molar-refractivity contribution in [1.82, 2.24) is 4.98 Å². The fourth-order valence-electron chi connectivity index (χ4n) is 3.30. The summed E-state index contributed by atoms with van der Waals surface area (Å²) in [6.07, 6.45) is 6.81. The third-order valence-electron chi connectivity index (χ3n) is 4.94. The minimum Gasteiger partial charge on any atom is -0.506 e. The van der Waals surface area contributed by atoms with Crippen molar-refractivity contribution < 1.29 is 19.8 Å². The summed E-state index contributed by atoms with van der Waals surface area (Å²) < 4.78 is 0. The van der Waals surface area contributed by atoms with Crippen molar-refractivity contribution in [2.24, 2.45) is 0 Å². The standard InChI is InChI=1S/C27H19NO4/c29-25(22-8-4-9-23(26(22)30)27(31)32)16-12-19-6-3-5-18(17-19)11-14-21-15-13-20-7-1-2-10-24(20)28-21/h1-17,30H,(H,31,32)/b14-11+,16-12+. The van der Waals surface area contributed by atoms with Gasteiger partial charge in [-0.15, -0.1) is 0 Å². The summed E-state index contributed by atoms with van der Waals surface area (Å²) in [7, 11) is 0. The molecule has 0 aliphatic heterocycles. The van der Waals surface area contributed by atoms with Crippen LogP contribution in [-0.4, -0.2) is 26.9 Å². The number of pyridine rings is 1. The van der Waals surface area contributed by atoms with Crippen molar-refractivity contribution in [2.75, 3.05) is 0 Å². The molecule has 1 aromatic heterocycles. The van der Waals surface area contributed by atoms with Gasteiger partial charge in [0.15, 0.2) is 5.78 Å². The van der Waals surface area contributed by atoms with E-state index < -0.39 is 17.5 Å². The first kappa shape index (κ1) is 20.8. The van der Waals surface area contributed by atoms with Crippen LogP contribution in [0.3, 0.4) is 0 Å². The van der Waals surface area contributed by atoms with E-state index in [1.54, 1.807) is 6.08 Å². The summed E-state index contributed by atoms with van der Waals surface area (Å²) in [6.45, 7) is 0. The van der Waals surface area contributed by atoms with Crippen LogP contribution in [0.5, 0.6) is 5.75 Å². The number of hydrogen-bond acceptors (Lipinski definition) is 4. The number of para-hydroxylation sites is 2. The Labute approximate surface area is 184 Å². The first-order valence-corrected chi connectivity index (χ1v) is 9.93. The monoisotopic (exact) mass is 421 g/mol. The maximum atomic E-state index is 12.5. The van der Waals surface area contributed by atoms with Gasteiger partial charge < -0.3 is 10.2 Å². The van der Waals surface area contributed by atoms with Gasteiger partial charge in [0.2, 0.25) is 0 Å². The fourth-order valence-corrected chi connectivity index (χ4v) is 3.30. The molecule has 4 aromatic rings. The highest BCUT2D eigenvalue weighted by molar-refractivity contribution is 6.10. The van der Waals surface area contributed by atoms with Crippen LogP contribution in [0.2, 0.25) is 0 Å². The van der Waals surface area contributed by atoms with E-state index in [0.717, 1.165) is 27.7 Å². The van der Waals surface area contributed by atoms with E-state index in [1.807, 2.05) is 72.8 Å². The zero-order valence-electron chi connectivity index (χ0n) is 17.0. The topological polar surface area (TPSA) is 87.5 Å². The maximum Gasteiger partial charge on any atom is 0.339 e. The van der Waals surface area contributed by atoms with E-state index in [2.05, 4.69) is 4.98 Å². The van der Waals surface area contributed by atoms with Crippen LogP contribution in [0.25, 0.3) is 29.1 Å². The Bertz CT molecular complexity index is 1390. The minimum atomic E-state index is -1.29. The smallest absolute Gasteiger partial charge is 0.339 e. The van der Waals surface area contributed by atoms with Gasteiger partial charge in [0, 0.05) is 5.39 Å². The molecule has 0 saturated carbocycles. The van der Waals surface area contributed by atoms with Crippen molar-refractivity contribution in [3.63, 3.8) is 0 Å². The molecule has 5 nitrogen and oxygen atoms in total. The van der Waals surface area contributed by atoms with Gasteiger partial charge in [-0.2, -0.15) is 0 Å². The fraction of sp³-hybridized carbons (Fsp3) is 0. The van der Waals surface area contributed by atoms with Crippen molar-refractivity contribution >= 4 is 40.9 Å². The molecule has 0 spiro atoms. The van der Waals surface area contributed by atoms with Crippen LogP contribution in [0.4, 0.5) is 0 Å². The van der Waals surface area contributed by atoms with Gasteiger partial charge in [-0.1, -0.05) is 60.7 Å². The number of carboxylic acid groups (broad SMARTS) is 1. The molecule has 0 atom stereocenters. The van der Waals surface area contributed by atoms with Gasteiger partial charge in [0.05, 0.1) is 16.8 Å². The number of allylic oxidation sites excluding steroid dienone is 1. The maximum absolute atomic E-state index is 12.5. The summed E-state index contributed by atoms with van der Waals surface area (Å²) in [5, 5.41) is 20.2. The molecule has 156 valence electrons. The number of carbonyl (C=O) groups is 2. The Kier molecular flexibility index (Phi) is 5.90. The second-order valence-electron chi connectivity index (χ2n) is 7.14. The summed E-state index contributed by atoms with van der Waals surface area (Å²) in [6, 6.07) is 23.6. The number of hydrogen-bond donors (Lipinski definition) is 2. The molecule has 0 saturated heterocycles. The Hall–Kier alpha value is -4.51. The lowest BCUT2D eigenvalue weighted by Gasteiger charge is -2.04. The van der Waals surface area contributed by atoms with Crippen LogP contribution < -0.4 is 0 Å². The zero-order chi connectivity index (χ0) is 22.5. The van der Waals surface area contributed by atoms with E-state index in [4.69, 9.17) is 5.11 Å². The highest BCUT2D eigenvalue weighted by Gasteiger charge is 2.16. The molecule has 2 N–H and O–H groups in total.